The van der Waals surface area contributed by atoms with Crippen LogP contribution in [-0.2, 0) is 12.3 Å². The van der Waals surface area contributed by atoms with Crippen molar-refractivity contribution in [2.24, 2.45) is 0 Å². The molecule has 3 nitrogen and oxygen atoms in total. The van der Waals surface area contributed by atoms with Crippen LogP contribution in [0.3, 0.4) is 0 Å². The molecule has 1 heterocycles. The van der Waals surface area contributed by atoms with Crippen LogP contribution in [0.4, 0.5) is 4.39 Å². The van der Waals surface area contributed by atoms with E-state index in [0.717, 1.165) is 28.8 Å². The first-order valence-electron chi connectivity index (χ1n) is 6.42. The number of benzene rings is 1. The minimum Gasteiger partial charge on any atom is -0.306 e. The maximum absolute atomic E-state index is 12.8. The molecule has 19 heavy (non-hydrogen) atoms. The Balaban J connectivity index is 2.09. The van der Waals surface area contributed by atoms with Crippen LogP contribution in [0.5, 0.6) is 0 Å². The molecule has 0 aliphatic carbocycles. The van der Waals surface area contributed by atoms with Gasteiger partial charge < -0.3 is 4.57 Å². The van der Waals surface area contributed by atoms with Gasteiger partial charge in [0.1, 0.15) is 11.6 Å². The number of halogens is 1. The normalized spacial score (nSPS) is 11.2. The van der Waals surface area contributed by atoms with E-state index in [4.69, 9.17) is 0 Å². The van der Waals surface area contributed by atoms with E-state index in [1.807, 2.05) is 0 Å². The Bertz CT molecular complexity index is 534. The average molecular weight is 279 g/mol. The molecule has 2 aromatic rings. The quantitative estimate of drug-likeness (QED) is 0.779. The Kier molecular flexibility index (Phi) is 4.58. The minimum absolute atomic E-state index is 0.201. The second-order valence-electron chi connectivity index (χ2n) is 4.65. The Morgan fingerprint density at radius 2 is 1.89 bits per heavy atom. The van der Waals surface area contributed by atoms with Crippen LogP contribution in [-0.4, -0.2) is 14.8 Å². The van der Waals surface area contributed by atoms with Gasteiger partial charge in [0.2, 0.25) is 0 Å². The largest absolute Gasteiger partial charge is 0.306 e. The number of nitrogens with zero attached hydrogens (tertiary/aromatic N) is 3. The van der Waals surface area contributed by atoms with E-state index in [-0.39, 0.29) is 5.82 Å². The highest BCUT2D eigenvalue weighted by Crippen LogP contribution is 2.24. The van der Waals surface area contributed by atoms with Crippen molar-refractivity contribution >= 4 is 11.8 Å². The third-order valence-corrected chi connectivity index (χ3v) is 3.90. The lowest BCUT2D eigenvalue weighted by Gasteiger charge is -2.09. The zero-order chi connectivity index (χ0) is 13.8. The fourth-order valence-electron chi connectivity index (χ4n) is 1.86. The SMILES string of the molecule is CCn1c(SCc2ccc(F)cc2)nnc1C(C)C. The molecule has 1 aromatic carbocycles. The lowest BCUT2D eigenvalue weighted by molar-refractivity contribution is 0.613. The Hall–Kier alpha value is -1.36. The first kappa shape index (κ1) is 14.1. The molecule has 2 rings (SSSR count). The summed E-state index contributed by atoms with van der Waals surface area (Å²) in [6, 6.07) is 6.58. The molecular weight excluding hydrogens is 261 g/mol. The van der Waals surface area contributed by atoms with Crippen LogP contribution >= 0.6 is 11.8 Å². The monoisotopic (exact) mass is 279 g/mol. The zero-order valence-corrected chi connectivity index (χ0v) is 12.2. The number of aromatic nitrogens is 3. The van der Waals surface area contributed by atoms with Gasteiger partial charge in [-0.05, 0) is 24.6 Å². The van der Waals surface area contributed by atoms with Gasteiger partial charge >= 0.3 is 0 Å². The molecule has 0 spiro atoms. The highest BCUT2D eigenvalue weighted by molar-refractivity contribution is 7.98. The highest BCUT2D eigenvalue weighted by atomic mass is 32.2. The predicted octanol–water partition coefficient (Wildman–Crippen LogP) is 3.85. The van der Waals surface area contributed by atoms with Crippen LogP contribution in [0, 0.1) is 5.82 Å². The molecule has 0 atom stereocenters. The predicted molar refractivity (Wildman–Crippen MR) is 75.7 cm³/mol. The molecule has 102 valence electrons. The summed E-state index contributed by atoms with van der Waals surface area (Å²) in [4.78, 5) is 0. The van der Waals surface area contributed by atoms with Crippen molar-refractivity contribution in [3.05, 3.63) is 41.5 Å². The van der Waals surface area contributed by atoms with E-state index in [1.165, 1.54) is 12.1 Å². The second kappa shape index (κ2) is 6.19. The maximum atomic E-state index is 12.8. The van der Waals surface area contributed by atoms with Crippen LogP contribution in [0.1, 0.15) is 38.1 Å². The van der Waals surface area contributed by atoms with Crippen LogP contribution in [0.15, 0.2) is 29.4 Å². The van der Waals surface area contributed by atoms with Crippen molar-refractivity contribution in [3.8, 4) is 0 Å². The lowest BCUT2D eigenvalue weighted by Crippen LogP contribution is -2.04. The van der Waals surface area contributed by atoms with E-state index in [1.54, 1.807) is 23.9 Å². The van der Waals surface area contributed by atoms with Gasteiger partial charge in [0.15, 0.2) is 5.16 Å². The van der Waals surface area contributed by atoms with E-state index in [9.17, 15) is 4.39 Å². The van der Waals surface area contributed by atoms with Gasteiger partial charge in [-0.3, -0.25) is 0 Å². The Labute approximate surface area is 117 Å². The van der Waals surface area contributed by atoms with Crippen molar-refractivity contribution in [2.45, 2.75) is 44.1 Å². The number of thioether (sulfide) groups is 1. The highest BCUT2D eigenvalue weighted by Gasteiger charge is 2.13. The van der Waals surface area contributed by atoms with Crippen molar-refractivity contribution in [1.82, 2.24) is 14.8 Å². The standard InChI is InChI=1S/C14H18FN3S/c1-4-18-13(10(2)3)16-17-14(18)19-9-11-5-7-12(15)8-6-11/h5-8,10H,4,9H2,1-3H3. The van der Waals surface area contributed by atoms with Gasteiger partial charge in [0, 0.05) is 18.2 Å². The molecule has 0 aliphatic heterocycles. The third-order valence-electron chi connectivity index (χ3n) is 2.86. The molecule has 0 aliphatic rings. The first-order valence-corrected chi connectivity index (χ1v) is 7.40. The van der Waals surface area contributed by atoms with Crippen LogP contribution in [0.25, 0.3) is 0 Å². The topological polar surface area (TPSA) is 30.7 Å². The molecule has 0 unspecified atom stereocenters. The summed E-state index contributed by atoms with van der Waals surface area (Å²) in [6.45, 7) is 7.19. The fraction of sp³-hybridized carbons (Fsp3) is 0.429. The lowest BCUT2D eigenvalue weighted by atomic mass is 10.2. The zero-order valence-electron chi connectivity index (χ0n) is 11.4. The van der Waals surface area contributed by atoms with Gasteiger partial charge in [-0.1, -0.05) is 37.7 Å². The molecular formula is C14H18FN3S. The number of hydrogen-bond acceptors (Lipinski definition) is 3. The smallest absolute Gasteiger partial charge is 0.191 e. The summed E-state index contributed by atoms with van der Waals surface area (Å²) in [5, 5.41) is 9.41. The summed E-state index contributed by atoms with van der Waals surface area (Å²) in [5.74, 6) is 1.96. The van der Waals surface area contributed by atoms with Gasteiger partial charge in [0.05, 0.1) is 0 Å². The molecule has 1 aromatic heterocycles. The third kappa shape index (κ3) is 3.35. The first-order chi connectivity index (χ1) is 9.11. The van der Waals surface area contributed by atoms with E-state index < -0.39 is 0 Å². The summed E-state index contributed by atoms with van der Waals surface area (Å²) < 4.78 is 15.0. The average Bonchev–Trinajstić information content (AvgIpc) is 2.81. The molecule has 0 fully saturated rings. The number of rotatable bonds is 5. The molecule has 0 saturated carbocycles. The van der Waals surface area contributed by atoms with Crippen LogP contribution < -0.4 is 0 Å². The molecule has 0 bridgehead atoms. The van der Waals surface area contributed by atoms with E-state index in [2.05, 4.69) is 35.5 Å². The fourth-order valence-corrected chi connectivity index (χ4v) is 2.82. The van der Waals surface area contributed by atoms with Crippen molar-refractivity contribution in [2.75, 3.05) is 0 Å². The molecule has 0 N–H and O–H groups in total. The second-order valence-corrected chi connectivity index (χ2v) is 5.60. The summed E-state index contributed by atoms with van der Waals surface area (Å²) in [6.07, 6.45) is 0. The summed E-state index contributed by atoms with van der Waals surface area (Å²) in [7, 11) is 0. The van der Waals surface area contributed by atoms with Gasteiger partial charge in [-0.2, -0.15) is 0 Å². The minimum atomic E-state index is -0.201. The van der Waals surface area contributed by atoms with Gasteiger partial charge in [-0.15, -0.1) is 10.2 Å². The molecule has 5 heteroatoms. The van der Waals surface area contributed by atoms with Gasteiger partial charge in [-0.25, -0.2) is 4.39 Å². The maximum Gasteiger partial charge on any atom is 0.191 e. The van der Waals surface area contributed by atoms with E-state index in [0.29, 0.717) is 5.92 Å². The molecule has 0 saturated heterocycles. The molecule has 0 amide bonds. The Morgan fingerprint density at radius 1 is 1.21 bits per heavy atom. The summed E-state index contributed by atoms with van der Waals surface area (Å²) in [5.41, 5.74) is 1.09. The summed E-state index contributed by atoms with van der Waals surface area (Å²) >= 11 is 1.64. The molecule has 0 radical (unpaired) electrons. The number of hydrogen-bond donors (Lipinski definition) is 0. The Morgan fingerprint density at radius 3 is 2.47 bits per heavy atom. The van der Waals surface area contributed by atoms with Gasteiger partial charge in [0.25, 0.3) is 0 Å². The van der Waals surface area contributed by atoms with Crippen molar-refractivity contribution in [1.29, 1.82) is 0 Å². The van der Waals surface area contributed by atoms with Crippen LogP contribution in [0.2, 0.25) is 0 Å². The van der Waals surface area contributed by atoms with Crippen molar-refractivity contribution in [3.63, 3.8) is 0 Å². The van der Waals surface area contributed by atoms with E-state index >= 15 is 0 Å². The van der Waals surface area contributed by atoms with Crippen molar-refractivity contribution < 1.29 is 4.39 Å².